The molecule has 1 atom stereocenters. The zero-order valence-corrected chi connectivity index (χ0v) is 16.4. The molecule has 8 heteroatoms. The van der Waals surface area contributed by atoms with Crippen molar-refractivity contribution in [2.75, 3.05) is 19.6 Å². The fourth-order valence-electron chi connectivity index (χ4n) is 3.71. The topological polar surface area (TPSA) is 84.2 Å². The van der Waals surface area contributed by atoms with E-state index in [2.05, 4.69) is 29.0 Å². The van der Waals surface area contributed by atoms with Crippen LogP contribution in [0.4, 0.5) is 0 Å². The lowest BCUT2D eigenvalue weighted by Gasteiger charge is -2.34. The first kappa shape index (κ1) is 18.6. The lowest BCUT2D eigenvalue weighted by Crippen LogP contribution is -2.48. The van der Waals surface area contributed by atoms with Crippen LogP contribution in [0.15, 0.2) is 30.9 Å². The minimum Gasteiger partial charge on any atom is -0.337 e. The minimum absolute atomic E-state index is 0.0422. The Balaban J connectivity index is 1.55. The van der Waals surface area contributed by atoms with Crippen molar-refractivity contribution in [1.82, 2.24) is 29.5 Å². The number of hydrogen-bond acceptors (Lipinski definition) is 5. The summed E-state index contributed by atoms with van der Waals surface area (Å²) in [5.41, 5.74) is 0.372. The molecule has 3 heterocycles. The highest BCUT2D eigenvalue weighted by Gasteiger charge is 2.37. The van der Waals surface area contributed by atoms with Crippen LogP contribution >= 0.6 is 0 Å². The van der Waals surface area contributed by atoms with E-state index in [0.717, 1.165) is 6.54 Å². The van der Waals surface area contributed by atoms with Gasteiger partial charge in [0.2, 0.25) is 5.91 Å². The first-order valence-electron chi connectivity index (χ1n) is 9.93. The Morgan fingerprint density at radius 3 is 2.64 bits per heavy atom. The van der Waals surface area contributed by atoms with Crippen LogP contribution < -0.4 is 0 Å². The SMILES string of the molecule is CC(C)[C@H]1CN(C(=O)c2cccc(-n3cnnc3)n2)CCC(=O)N1CC1CC1. The highest BCUT2D eigenvalue weighted by Crippen LogP contribution is 2.32. The second-order valence-corrected chi connectivity index (χ2v) is 8.05. The van der Waals surface area contributed by atoms with Crippen molar-refractivity contribution in [1.29, 1.82) is 0 Å². The molecule has 28 heavy (non-hydrogen) atoms. The molecule has 2 amide bonds. The summed E-state index contributed by atoms with van der Waals surface area (Å²) >= 11 is 0. The smallest absolute Gasteiger partial charge is 0.272 e. The third-order valence-corrected chi connectivity index (χ3v) is 5.57. The van der Waals surface area contributed by atoms with E-state index >= 15 is 0 Å². The normalized spacial score (nSPS) is 20.5. The van der Waals surface area contributed by atoms with Crippen molar-refractivity contribution in [3.05, 3.63) is 36.5 Å². The number of pyridine rings is 1. The molecule has 1 aliphatic carbocycles. The molecule has 0 unspecified atom stereocenters. The van der Waals surface area contributed by atoms with Crippen LogP contribution in [0.2, 0.25) is 0 Å². The van der Waals surface area contributed by atoms with E-state index in [0.29, 0.717) is 36.9 Å². The van der Waals surface area contributed by atoms with Crippen LogP contribution in [0, 0.1) is 11.8 Å². The lowest BCUT2D eigenvalue weighted by atomic mass is 10.0. The number of rotatable bonds is 5. The quantitative estimate of drug-likeness (QED) is 0.787. The fraction of sp³-hybridized carbons (Fsp3) is 0.550. The fourth-order valence-corrected chi connectivity index (χ4v) is 3.71. The number of amides is 2. The van der Waals surface area contributed by atoms with E-state index in [1.807, 2.05) is 4.90 Å². The summed E-state index contributed by atoms with van der Waals surface area (Å²) in [6.07, 6.45) is 5.87. The van der Waals surface area contributed by atoms with Gasteiger partial charge in [0.25, 0.3) is 5.91 Å². The van der Waals surface area contributed by atoms with Gasteiger partial charge in [0.05, 0.1) is 6.04 Å². The second-order valence-electron chi connectivity index (χ2n) is 8.05. The monoisotopic (exact) mass is 382 g/mol. The summed E-state index contributed by atoms with van der Waals surface area (Å²) in [6, 6.07) is 5.37. The van der Waals surface area contributed by atoms with Crippen LogP contribution in [0.5, 0.6) is 0 Å². The average molecular weight is 382 g/mol. The summed E-state index contributed by atoms with van der Waals surface area (Å²) < 4.78 is 1.66. The van der Waals surface area contributed by atoms with Gasteiger partial charge in [-0.1, -0.05) is 19.9 Å². The number of aromatic nitrogens is 4. The molecular formula is C20H26N6O2. The number of carbonyl (C=O) groups is 2. The number of nitrogens with zero attached hydrogens (tertiary/aromatic N) is 6. The molecule has 0 bridgehead atoms. The van der Waals surface area contributed by atoms with E-state index in [-0.39, 0.29) is 23.8 Å². The van der Waals surface area contributed by atoms with E-state index < -0.39 is 0 Å². The van der Waals surface area contributed by atoms with Gasteiger partial charge in [0.15, 0.2) is 0 Å². The molecule has 0 aromatic carbocycles. The van der Waals surface area contributed by atoms with Gasteiger partial charge in [-0.15, -0.1) is 10.2 Å². The summed E-state index contributed by atoms with van der Waals surface area (Å²) in [7, 11) is 0. The Kier molecular flexibility index (Phi) is 5.11. The molecule has 1 saturated heterocycles. The standard InChI is InChI=1S/C20H26N6O2/c1-14(2)17-11-24(9-8-19(27)26(17)10-15-6-7-15)20(28)16-4-3-5-18(23-16)25-12-21-22-13-25/h3-5,12-15,17H,6-11H2,1-2H3/t17-/m1/s1. The molecule has 2 fully saturated rings. The van der Waals surface area contributed by atoms with Crippen LogP contribution in [-0.2, 0) is 4.79 Å². The van der Waals surface area contributed by atoms with Gasteiger partial charge < -0.3 is 9.80 Å². The zero-order chi connectivity index (χ0) is 19.7. The summed E-state index contributed by atoms with van der Waals surface area (Å²) in [4.78, 5) is 34.2. The van der Waals surface area contributed by atoms with Crippen LogP contribution in [0.3, 0.4) is 0 Å². The van der Waals surface area contributed by atoms with Gasteiger partial charge in [0, 0.05) is 26.1 Å². The van der Waals surface area contributed by atoms with E-state index in [1.165, 1.54) is 12.8 Å². The Morgan fingerprint density at radius 2 is 1.96 bits per heavy atom. The van der Waals surface area contributed by atoms with Gasteiger partial charge in [-0.25, -0.2) is 4.98 Å². The third kappa shape index (κ3) is 3.90. The predicted octanol–water partition coefficient (Wildman–Crippen LogP) is 1.77. The minimum atomic E-state index is -0.137. The van der Waals surface area contributed by atoms with Gasteiger partial charge in [-0.2, -0.15) is 0 Å². The molecule has 0 spiro atoms. The third-order valence-electron chi connectivity index (χ3n) is 5.57. The first-order chi connectivity index (χ1) is 13.5. The summed E-state index contributed by atoms with van der Waals surface area (Å²) in [5, 5.41) is 7.57. The van der Waals surface area contributed by atoms with Gasteiger partial charge in [-0.05, 0) is 36.8 Å². The maximum atomic E-state index is 13.2. The zero-order valence-electron chi connectivity index (χ0n) is 16.4. The number of carbonyl (C=O) groups excluding carboxylic acids is 2. The molecule has 1 saturated carbocycles. The van der Waals surface area contributed by atoms with Crippen molar-refractivity contribution in [3.63, 3.8) is 0 Å². The molecule has 2 aliphatic rings. The molecule has 2 aromatic rings. The van der Waals surface area contributed by atoms with Crippen molar-refractivity contribution in [2.24, 2.45) is 11.8 Å². The molecule has 0 N–H and O–H groups in total. The first-order valence-corrected chi connectivity index (χ1v) is 9.93. The molecule has 2 aromatic heterocycles. The molecule has 0 radical (unpaired) electrons. The Hall–Kier alpha value is -2.77. The largest absolute Gasteiger partial charge is 0.337 e. The summed E-state index contributed by atoms with van der Waals surface area (Å²) in [6.45, 7) is 6.05. The van der Waals surface area contributed by atoms with Crippen LogP contribution in [0.25, 0.3) is 5.82 Å². The van der Waals surface area contributed by atoms with Crippen LogP contribution in [0.1, 0.15) is 43.6 Å². The van der Waals surface area contributed by atoms with Crippen molar-refractivity contribution < 1.29 is 9.59 Å². The van der Waals surface area contributed by atoms with E-state index in [4.69, 9.17) is 0 Å². The van der Waals surface area contributed by atoms with Gasteiger partial charge in [-0.3, -0.25) is 14.2 Å². The second kappa shape index (κ2) is 7.69. The van der Waals surface area contributed by atoms with Gasteiger partial charge >= 0.3 is 0 Å². The average Bonchev–Trinajstić information content (AvgIpc) is 3.38. The molecule has 1 aliphatic heterocycles. The Morgan fingerprint density at radius 1 is 1.21 bits per heavy atom. The number of hydrogen-bond donors (Lipinski definition) is 0. The van der Waals surface area contributed by atoms with Crippen molar-refractivity contribution in [2.45, 2.75) is 39.2 Å². The van der Waals surface area contributed by atoms with E-state index in [9.17, 15) is 9.59 Å². The summed E-state index contributed by atoms with van der Waals surface area (Å²) in [5.74, 6) is 1.54. The molecule has 8 nitrogen and oxygen atoms in total. The van der Waals surface area contributed by atoms with E-state index in [1.54, 1.807) is 40.3 Å². The van der Waals surface area contributed by atoms with Crippen molar-refractivity contribution in [3.8, 4) is 5.82 Å². The highest BCUT2D eigenvalue weighted by molar-refractivity contribution is 5.93. The molecular weight excluding hydrogens is 356 g/mol. The van der Waals surface area contributed by atoms with Crippen molar-refractivity contribution >= 4 is 11.8 Å². The highest BCUT2D eigenvalue weighted by atomic mass is 16.2. The predicted molar refractivity (Wildman–Crippen MR) is 103 cm³/mol. The molecule has 148 valence electrons. The Labute approximate surface area is 164 Å². The van der Waals surface area contributed by atoms with Gasteiger partial charge in [0.1, 0.15) is 24.2 Å². The lowest BCUT2D eigenvalue weighted by molar-refractivity contribution is -0.133. The maximum Gasteiger partial charge on any atom is 0.272 e. The van der Waals surface area contributed by atoms with Crippen LogP contribution in [-0.4, -0.2) is 67.0 Å². The Bertz CT molecular complexity index is 846. The molecule has 4 rings (SSSR count). The maximum absolute atomic E-state index is 13.2.